The molecular formula is C30H37F3N2O5. The predicted molar refractivity (Wildman–Crippen MR) is 143 cm³/mol. The molecule has 1 aliphatic heterocycles. The highest BCUT2D eigenvalue weighted by Crippen LogP contribution is 2.61. The fourth-order valence-corrected chi connectivity index (χ4v) is 5.82. The quantitative estimate of drug-likeness (QED) is 0.438. The van der Waals surface area contributed by atoms with Crippen LogP contribution >= 0.6 is 0 Å². The van der Waals surface area contributed by atoms with Crippen LogP contribution in [0.5, 0.6) is 11.5 Å². The molecule has 2 amide bonds. The highest BCUT2D eigenvalue weighted by Gasteiger charge is 2.63. The summed E-state index contributed by atoms with van der Waals surface area (Å²) in [6, 6.07) is 10.3. The van der Waals surface area contributed by atoms with Crippen molar-refractivity contribution in [2.45, 2.75) is 50.8 Å². The second kappa shape index (κ2) is 11.3. The number of carbonyl (C=O) groups is 2. The summed E-state index contributed by atoms with van der Waals surface area (Å²) in [5.41, 5.74) is -2.67. The van der Waals surface area contributed by atoms with Gasteiger partial charge in [-0.2, -0.15) is 13.2 Å². The van der Waals surface area contributed by atoms with Gasteiger partial charge in [0.25, 0.3) is 17.4 Å². The number of alkyl halides is 3. The van der Waals surface area contributed by atoms with Crippen LogP contribution in [0.2, 0.25) is 0 Å². The number of halogens is 3. The summed E-state index contributed by atoms with van der Waals surface area (Å²) < 4.78 is 53.2. The number of benzene rings is 2. The zero-order valence-electron chi connectivity index (χ0n) is 23.4. The summed E-state index contributed by atoms with van der Waals surface area (Å²) >= 11 is 0. The minimum atomic E-state index is -5.19. The first-order valence-electron chi connectivity index (χ1n) is 13.5. The maximum absolute atomic E-state index is 14.1. The Bertz CT molecular complexity index is 1240. The van der Waals surface area contributed by atoms with Crippen molar-refractivity contribution < 1.29 is 37.3 Å². The van der Waals surface area contributed by atoms with Crippen molar-refractivity contribution in [1.82, 2.24) is 9.80 Å². The van der Waals surface area contributed by atoms with Crippen LogP contribution in [-0.4, -0.2) is 73.8 Å². The van der Waals surface area contributed by atoms with Crippen molar-refractivity contribution in [3.8, 4) is 11.5 Å². The average Bonchev–Trinajstić information content (AvgIpc) is 3.60. The summed E-state index contributed by atoms with van der Waals surface area (Å²) in [5.74, 6) is -0.128. The second-order valence-corrected chi connectivity index (χ2v) is 11.2. The van der Waals surface area contributed by atoms with Crippen LogP contribution in [0, 0.1) is 18.3 Å². The molecule has 2 aromatic carbocycles. The number of hydrogen-bond donors (Lipinski definition) is 1. The van der Waals surface area contributed by atoms with Gasteiger partial charge in [0.1, 0.15) is 11.5 Å². The number of ether oxygens (including phenoxy) is 2. The number of amides is 2. The molecule has 1 saturated carbocycles. The van der Waals surface area contributed by atoms with E-state index in [1.807, 2.05) is 13.0 Å². The van der Waals surface area contributed by atoms with Gasteiger partial charge in [-0.15, -0.1) is 0 Å². The molecule has 218 valence electrons. The van der Waals surface area contributed by atoms with Gasteiger partial charge in [-0.1, -0.05) is 12.1 Å². The van der Waals surface area contributed by atoms with Crippen molar-refractivity contribution in [1.29, 1.82) is 0 Å². The molecule has 2 atom stereocenters. The maximum atomic E-state index is 14.1. The third-order valence-corrected chi connectivity index (χ3v) is 8.41. The van der Waals surface area contributed by atoms with Crippen LogP contribution in [0.3, 0.4) is 0 Å². The van der Waals surface area contributed by atoms with Crippen molar-refractivity contribution >= 4 is 11.8 Å². The Balaban J connectivity index is 1.28. The number of aryl methyl sites for hydroxylation is 1. The SMILES string of the molecule is COc1cccc([C@](O)(C(=O)N2CCC3(CC2)C[C@@H]3CCCOc2ccc(C(=O)N(C)C)c(C)c2)C(F)(F)F)c1. The lowest BCUT2D eigenvalue weighted by Crippen LogP contribution is -2.57. The molecule has 0 bridgehead atoms. The third-order valence-electron chi connectivity index (χ3n) is 8.41. The van der Waals surface area contributed by atoms with Gasteiger partial charge in [0.15, 0.2) is 0 Å². The van der Waals surface area contributed by atoms with E-state index in [2.05, 4.69) is 0 Å². The Labute approximate surface area is 232 Å². The monoisotopic (exact) mass is 562 g/mol. The molecule has 1 heterocycles. The summed E-state index contributed by atoms with van der Waals surface area (Å²) in [4.78, 5) is 28.0. The van der Waals surface area contributed by atoms with E-state index in [4.69, 9.17) is 9.47 Å². The number of methoxy groups -OCH3 is 1. The second-order valence-electron chi connectivity index (χ2n) is 11.2. The summed E-state index contributed by atoms with van der Waals surface area (Å²) in [5, 5.41) is 10.8. The molecule has 40 heavy (non-hydrogen) atoms. The summed E-state index contributed by atoms with van der Waals surface area (Å²) in [6.07, 6.45) is -1.23. The normalized spacial score (nSPS) is 19.6. The highest BCUT2D eigenvalue weighted by molar-refractivity contribution is 5.95. The molecule has 10 heteroatoms. The zero-order chi connectivity index (χ0) is 29.3. The number of aliphatic hydroxyl groups is 1. The van der Waals surface area contributed by atoms with Gasteiger partial charge in [-0.05, 0) is 86.3 Å². The van der Waals surface area contributed by atoms with Gasteiger partial charge in [0.05, 0.1) is 13.7 Å². The van der Waals surface area contributed by atoms with E-state index in [0.717, 1.165) is 41.9 Å². The van der Waals surface area contributed by atoms with Gasteiger partial charge in [0.2, 0.25) is 0 Å². The van der Waals surface area contributed by atoms with E-state index in [1.54, 1.807) is 26.2 Å². The van der Waals surface area contributed by atoms with Crippen LogP contribution in [0.15, 0.2) is 42.5 Å². The molecule has 0 unspecified atom stereocenters. The molecule has 1 saturated heterocycles. The Morgan fingerprint density at radius 2 is 1.80 bits per heavy atom. The molecule has 1 spiro atoms. The van der Waals surface area contributed by atoms with Gasteiger partial charge in [-0.25, -0.2) is 0 Å². The standard InChI is InChI=1S/C30H37F3N2O5/c1-20-17-24(10-11-25(20)26(36)34(2)3)40-16-6-8-22-19-28(22)12-14-35(15-13-28)27(37)29(38,30(31,32)33)21-7-5-9-23(18-21)39-4/h5,7,9-11,17-18,22,38H,6,8,12-16,19H2,1-4H3/t22-,29-/m0/s1. The minimum Gasteiger partial charge on any atom is -0.497 e. The number of nitrogens with zero attached hydrogens (tertiary/aromatic N) is 2. The highest BCUT2D eigenvalue weighted by atomic mass is 19.4. The summed E-state index contributed by atoms with van der Waals surface area (Å²) in [7, 11) is 4.73. The third kappa shape index (κ3) is 5.77. The van der Waals surface area contributed by atoms with Crippen LogP contribution in [-0.2, 0) is 10.4 Å². The molecule has 2 aliphatic rings. The molecule has 2 aromatic rings. The lowest BCUT2D eigenvalue weighted by Gasteiger charge is -2.39. The van der Waals surface area contributed by atoms with E-state index in [1.165, 1.54) is 24.1 Å². The topological polar surface area (TPSA) is 79.3 Å². The van der Waals surface area contributed by atoms with Gasteiger partial charge < -0.3 is 24.4 Å². The predicted octanol–water partition coefficient (Wildman–Crippen LogP) is 4.94. The largest absolute Gasteiger partial charge is 0.497 e. The molecule has 7 nitrogen and oxygen atoms in total. The number of hydrogen-bond acceptors (Lipinski definition) is 5. The molecule has 2 fully saturated rings. The lowest BCUT2D eigenvalue weighted by atomic mass is 9.86. The minimum absolute atomic E-state index is 0.0356. The number of piperidine rings is 1. The van der Waals surface area contributed by atoms with Gasteiger partial charge >= 0.3 is 6.18 Å². The fraction of sp³-hybridized carbons (Fsp3) is 0.533. The molecule has 1 aliphatic carbocycles. The maximum Gasteiger partial charge on any atom is 0.430 e. The van der Waals surface area contributed by atoms with Crippen LogP contribution in [0.4, 0.5) is 13.2 Å². The van der Waals surface area contributed by atoms with Crippen LogP contribution < -0.4 is 9.47 Å². The first-order valence-corrected chi connectivity index (χ1v) is 13.5. The molecule has 4 rings (SSSR count). The molecule has 0 aromatic heterocycles. The van der Waals surface area contributed by atoms with Gasteiger partial charge in [0, 0.05) is 38.3 Å². The van der Waals surface area contributed by atoms with E-state index in [-0.39, 0.29) is 30.2 Å². The van der Waals surface area contributed by atoms with E-state index in [0.29, 0.717) is 36.7 Å². The molecular weight excluding hydrogens is 525 g/mol. The Hall–Kier alpha value is -3.27. The average molecular weight is 563 g/mol. The Morgan fingerprint density at radius 1 is 1.10 bits per heavy atom. The zero-order valence-corrected chi connectivity index (χ0v) is 23.4. The fourth-order valence-electron chi connectivity index (χ4n) is 5.82. The molecule has 1 N–H and O–H groups in total. The van der Waals surface area contributed by atoms with Crippen molar-refractivity contribution in [2.24, 2.45) is 11.3 Å². The summed E-state index contributed by atoms with van der Waals surface area (Å²) in [6.45, 7) is 2.74. The Kier molecular flexibility index (Phi) is 8.40. The first-order chi connectivity index (χ1) is 18.8. The number of rotatable bonds is 9. The van der Waals surface area contributed by atoms with E-state index < -0.39 is 23.2 Å². The smallest absolute Gasteiger partial charge is 0.430 e. The van der Waals surface area contributed by atoms with Crippen LogP contribution in [0.1, 0.15) is 53.6 Å². The van der Waals surface area contributed by atoms with E-state index in [9.17, 15) is 27.9 Å². The number of carbonyl (C=O) groups excluding carboxylic acids is 2. The van der Waals surface area contributed by atoms with E-state index >= 15 is 0 Å². The van der Waals surface area contributed by atoms with Crippen molar-refractivity contribution in [3.05, 3.63) is 59.2 Å². The van der Waals surface area contributed by atoms with Crippen LogP contribution in [0.25, 0.3) is 0 Å². The lowest BCUT2D eigenvalue weighted by molar-refractivity contribution is -0.262. The first kappa shape index (κ1) is 29.7. The van der Waals surface area contributed by atoms with Gasteiger partial charge in [-0.3, -0.25) is 9.59 Å². The molecule has 0 radical (unpaired) electrons. The van der Waals surface area contributed by atoms with Crippen molar-refractivity contribution in [2.75, 3.05) is 40.9 Å². The van der Waals surface area contributed by atoms with Crippen molar-refractivity contribution in [3.63, 3.8) is 0 Å². The number of likely N-dealkylation sites (tertiary alicyclic amines) is 1. The Morgan fingerprint density at radius 3 is 2.40 bits per heavy atom.